The second-order valence-corrected chi connectivity index (χ2v) is 12.1. The van der Waals surface area contributed by atoms with Crippen molar-refractivity contribution in [3.63, 3.8) is 0 Å². The van der Waals surface area contributed by atoms with E-state index < -0.39 is 17.6 Å². The Morgan fingerprint density at radius 3 is 2.58 bits per heavy atom. The molecule has 1 unspecified atom stereocenters. The molecule has 6 N–H and O–H groups in total. The number of halogens is 1. The number of carbonyl (C=O) groups is 3. The summed E-state index contributed by atoms with van der Waals surface area (Å²) in [5.41, 5.74) is 14.7. The number of nitrogens with two attached hydrogens (primary N) is 2. The molecule has 240 valence electrons. The van der Waals surface area contributed by atoms with Gasteiger partial charge >= 0.3 is 6.09 Å². The minimum absolute atomic E-state index is 0.0453. The van der Waals surface area contributed by atoms with Gasteiger partial charge in [-0.1, -0.05) is 67.1 Å². The van der Waals surface area contributed by atoms with Crippen LogP contribution in [0.2, 0.25) is 5.02 Å². The van der Waals surface area contributed by atoms with Gasteiger partial charge in [0.25, 0.3) is 5.91 Å². The van der Waals surface area contributed by atoms with Crippen molar-refractivity contribution in [1.82, 2.24) is 10.2 Å². The maximum atomic E-state index is 14.0. The first-order valence-electron chi connectivity index (χ1n) is 15.4. The Labute approximate surface area is 269 Å². The molecule has 1 aliphatic heterocycles. The fourth-order valence-electron chi connectivity index (χ4n) is 6.42. The number of amides is 3. The minimum Gasteiger partial charge on any atom is -0.450 e. The summed E-state index contributed by atoms with van der Waals surface area (Å²) in [6.07, 6.45) is 1.84. The molecule has 9 nitrogen and oxygen atoms in total. The van der Waals surface area contributed by atoms with Crippen LogP contribution in [0.3, 0.4) is 0 Å². The van der Waals surface area contributed by atoms with Crippen molar-refractivity contribution < 1.29 is 24.2 Å². The van der Waals surface area contributed by atoms with Crippen LogP contribution >= 0.6 is 11.6 Å². The van der Waals surface area contributed by atoms with E-state index in [0.717, 1.165) is 28.7 Å². The third-order valence-electron chi connectivity index (χ3n) is 8.58. The number of primary amides is 2. The number of carbonyl (C=O) groups excluding carboxylic acids is 3. The van der Waals surface area contributed by atoms with Gasteiger partial charge in [-0.05, 0) is 79.1 Å². The Morgan fingerprint density at radius 1 is 1.09 bits per heavy atom. The van der Waals surface area contributed by atoms with E-state index in [1.807, 2.05) is 49.5 Å². The van der Waals surface area contributed by atoms with Crippen LogP contribution in [0.1, 0.15) is 65.2 Å². The molecule has 3 amide bonds. The maximum Gasteiger partial charge on any atom is 0.404 e. The van der Waals surface area contributed by atoms with Crippen LogP contribution in [0.4, 0.5) is 4.79 Å². The summed E-state index contributed by atoms with van der Waals surface area (Å²) in [5, 5.41) is 16.4. The highest BCUT2D eigenvalue weighted by Crippen LogP contribution is 2.46. The molecule has 3 aromatic rings. The van der Waals surface area contributed by atoms with Crippen molar-refractivity contribution in [2.45, 2.75) is 57.6 Å². The molecule has 1 heterocycles. The Bertz CT molecular complexity index is 1530. The number of ether oxygens (including phenoxy) is 1. The van der Waals surface area contributed by atoms with E-state index in [0.29, 0.717) is 54.1 Å². The fourth-order valence-corrected chi connectivity index (χ4v) is 6.71. The lowest BCUT2D eigenvalue weighted by molar-refractivity contribution is -0.117. The van der Waals surface area contributed by atoms with E-state index in [-0.39, 0.29) is 37.8 Å². The molecular formula is C35H43ClN4O5. The third-order valence-corrected chi connectivity index (χ3v) is 8.90. The molecule has 0 bridgehead atoms. The molecular weight excluding hydrogens is 592 g/mol. The van der Waals surface area contributed by atoms with Crippen LogP contribution < -0.4 is 16.8 Å². The molecule has 1 aliphatic rings. The highest BCUT2D eigenvalue weighted by atomic mass is 35.5. The topological polar surface area (TPSA) is 148 Å². The smallest absolute Gasteiger partial charge is 0.404 e. The molecule has 0 saturated carbocycles. The molecule has 0 aliphatic carbocycles. The number of hydrogen-bond donors (Lipinski definition) is 4. The Balaban J connectivity index is 1.73. The highest BCUT2D eigenvalue weighted by molar-refractivity contribution is 6.33. The van der Waals surface area contributed by atoms with Crippen LogP contribution in [0.25, 0.3) is 11.1 Å². The summed E-state index contributed by atoms with van der Waals surface area (Å²) in [6.45, 7) is 3.50. The van der Waals surface area contributed by atoms with Crippen LogP contribution in [0.15, 0.2) is 60.7 Å². The zero-order chi connectivity index (χ0) is 32.6. The van der Waals surface area contributed by atoms with Crippen molar-refractivity contribution in [1.29, 1.82) is 0 Å². The van der Waals surface area contributed by atoms with Gasteiger partial charge < -0.3 is 31.5 Å². The van der Waals surface area contributed by atoms with Gasteiger partial charge in [0, 0.05) is 41.7 Å². The molecule has 1 saturated heterocycles. The van der Waals surface area contributed by atoms with E-state index in [2.05, 4.69) is 24.4 Å². The van der Waals surface area contributed by atoms with Crippen LogP contribution in [0.5, 0.6) is 0 Å². The lowest BCUT2D eigenvalue weighted by Gasteiger charge is -2.44. The lowest BCUT2D eigenvalue weighted by atomic mass is 9.72. The molecule has 1 fully saturated rings. The number of nitrogens with zero attached hydrogens (tertiary/aromatic N) is 1. The van der Waals surface area contributed by atoms with Crippen molar-refractivity contribution >= 4 is 29.5 Å². The summed E-state index contributed by atoms with van der Waals surface area (Å²) >= 11 is 6.86. The number of likely N-dealkylation sites (tertiary alicyclic amines) is 1. The van der Waals surface area contributed by atoms with Gasteiger partial charge in [-0.3, -0.25) is 9.59 Å². The van der Waals surface area contributed by atoms with Gasteiger partial charge in [-0.25, -0.2) is 4.79 Å². The maximum absolute atomic E-state index is 14.0. The van der Waals surface area contributed by atoms with Gasteiger partial charge in [0.05, 0.1) is 18.6 Å². The third kappa shape index (κ3) is 8.22. The quantitative estimate of drug-likeness (QED) is 0.196. The highest BCUT2D eigenvalue weighted by Gasteiger charge is 2.43. The first-order valence-corrected chi connectivity index (χ1v) is 15.8. The SMILES string of the molecule is CCc1cccc(-c2c(Cl)cccc2C(O)(CCCOC(N)=O)[C@@H]2CCCN(C(=O)c3ccc(CNC)cc3CC(N)=O)C2)c1. The van der Waals surface area contributed by atoms with E-state index in [1.165, 1.54) is 0 Å². The molecule has 0 spiro atoms. The van der Waals surface area contributed by atoms with E-state index in [4.69, 9.17) is 27.8 Å². The number of nitrogens with one attached hydrogen (secondary N) is 1. The van der Waals surface area contributed by atoms with E-state index in [9.17, 15) is 19.5 Å². The number of benzene rings is 3. The average molecular weight is 635 g/mol. The normalized spacial score (nSPS) is 16.2. The molecule has 2 atom stereocenters. The first-order chi connectivity index (χ1) is 21.6. The summed E-state index contributed by atoms with van der Waals surface area (Å²) in [5.74, 6) is -1.10. The van der Waals surface area contributed by atoms with Crippen molar-refractivity contribution in [2.75, 3.05) is 26.7 Å². The van der Waals surface area contributed by atoms with Gasteiger partial charge in [-0.15, -0.1) is 0 Å². The molecule has 10 heteroatoms. The number of piperidine rings is 1. The first kappa shape index (κ1) is 34.0. The fraction of sp³-hybridized carbons (Fsp3) is 0.400. The van der Waals surface area contributed by atoms with Crippen LogP contribution in [-0.4, -0.2) is 54.7 Å². The van der Waals surface area contributed by atoms with Gasteiger partial charge in [0.15, 0.2) is 0 Å². The summed E-state index contributed by atoms with van der Waals surface area (Å²) in [7, 11) is 1.83. The second-order valence-electron chi connectivity index (χ2n) is 11.7. The van der Waals surface area contributed by atoms with Gasteiger partial charge in [0.2, 0.25) is 5.91 Å². The van der Waals surface area contributed by atoms with Crippen LogP contribution in [0, 0.1) is 5.92 Å². The number of aliphatic hydroxyl groups is 1. The summed E-state index contributed by atoms with van der Waals surface area (Å²) < 4.78 is 5.01. The minimum atomic E-state index is -1.42. The number of aryl methyl sites for hydroxylation is 1. The molecule has 45 heavy (non-hydrogen) atoms. The summed E-state index contributed by atoms with van der Waals surface area (Å²) in [4.78, 5) is 39.0. The monoisotopic (exact) mass is 634 g/mol. The van der Waals surface area contributed by atoms with Gasteiger partial charge in [0.1, 0.15) is 0 Å². The predicted molar refractivity (Wildman–Crippen MR) is 176 cm³/mol. The van der Waals surface area contributed by atoms with Gasteiger partial charge in [-0.2, -0.15) is 0 Å². The Morgan fingerprint density at radius 2 is 1.87 bits per heavy atom. The van der Waals surface area contributed by atoms with Crippen molar-refractivity contribution in [3.05, 3.63) is 93.5 Å². The zero-order valence-corrected chi connectivity index (χ0v) is 26.7. The van der Waals surface area contributed by atoms with E-state index in [1.54, 1.807) is 11.0 Å². The lowest BCUT2D eigenvalue weighted by Crippen LogP contribution is -2.48. The van der Waals surface area contributed by atoms with Crippen molar-refractivity contribution in [3.8, 4) is 11.1 Å². The Kier molecular flexibility index (Phi) is 11.6. The number of rotatable bonds is 13. The Hall–Kier alpha value is -3.92. The molecule has 0 radical (unpaired) electrons. The average Bonchev–Trinajstić information content (AvgIpc) is 3.02. The largest absolute Gasteiger partial charge is 0.450 e. The van der Waals surface area contributed by atoms with E-state index >= 15 is 0 Å². The van der Waals surface area contributed by atoms with Crippen molar-refractivity contribution in [2.24, 2.45) is 17.4 Å². The molecule has 4 rings (SSSR count). The molecule has 0 aromatic heterocycles. The second kappa shape index (κ2) is 15.4. The summed E-state index contributed by atoms with van der Waals surface area (Å²) in [6, 6.07) is 19.1. The molecule has 3 aromatic carbocycles. The standard InChI is InChI=1S/C35H43ClN4O5/c1-3-23-8-4-9-25(18-23)32-29(11-5-12-30(32)36)35(44,15-7-17-45-34(38)43)27-10-6-16-40(22-27)33(42)28-14-13-24(21-39-2)19-26(28)20-31(37)41/h4-5,8-9,11-14,18-19,27,39,44H,3,6-7,10,15-17,20-22H2,1-2H3,(H2,37,41)(H2,38,43)/t27-,35?/m1/s1. The zero-order valence-electron chi connectivity index (χ0n) is 26.0. The predicted octanol–water partition coefficient (Wildman–Crippen LogP) is 4.93. The van der Waals surface area contributed by atoms with Crippen LogP contribution in [-0.2, 0) is 34.5 Å². The number of hydrogen-bond acceptors (Lipinski definition) is 6.